The van der Waals surface area contributed by atoms with Crippen LogP contribution in [0.5, 0.6) is 0 Å². The fourth-order valence-corrected chi connectivity index (χ4v) is 2.71. The lowest BCUT2D eigenvalue weighted by Gasteiger charge is -2.26. The van der Waals surface area contributed by atoms with Gasteiger partial charge in [0.2, 0.25) is 0 Å². The molecule has 0 aliphatic carbocycles. The number of nitrogens with zero attached hydrogens (tertiary/aromatic N) is 1. The van der Waals surface area contributed by atoms with Gasteiger partial charge in [0.1, 0.15) is 5.54 Å². The maximum atomic E-state index is 9.33. The molecule has 0 aromatic heterocycles. The van der Waals surface area contributed by atoms with Crippen LogP contribution in [0.15, 0.2) is 0 Å². The van der Waals surface area contributed by atoms with Crippen molar-refractivity contribution in [1.29, 1.82) is 5.26 Å². The van der Waals surface area contributed by atoms with E-state index in [2.05, 4.69) is 39.1 Å². The third-order valence-corrected chi connectivity index (χ3v) is 4.35. The van der Waals surface area contributed by atoms with E-state index in [1.54, 1.807) is 0 Å². The monoisotopic (exact) mass is 256 g/mol. The number of nitriles is 1. The van der Waals surface area contributed by atoms with E-state index in [-0.39, 0.29) is 5.54 Å². The molecular weight excluding hydrogens is 228 g/mol. The zero-order valence-corrected chi connectivity index (χ0v) is 12.7. The van der Waals surface area contributed by atoms with E-state index in [0.717, 1.165) is 38.1 Å². The van der Waals surface area contributed by atoms with Gasteiger partial charge in [-0.05, 0) is 49.7 Å². The van der Waals surface area contributed by atoms with Crippen molar-refractivity contribution in [2.75, 3.05) is 18.1 Å². The molecule has 0 aliphatic heterocycles. The number of rotatable bonds is 10. The van der Waals surface area contributed by atoms with Crippen LogP contribution in [-0.4, -0.2) is 23.6 Å². The fraction of sp³-hybridized carbons (Fsp3) is 0.929. The number of thioether (sulfide) groups is 1. The summed E-state index contributed by atoms with van der Waals surface area (Å²) in [5.41, 5.74) is -0.283. The first-order valence-corrected chi connectivity index (χ1v) is 7.99. The lowest BCUT2D eigenvalue weighted by Crippen LogP contribution is -2.43. The number of hydrogen-bond acceptors (Lipinski definition) is 3. The van der Waals surface area contributed by atoms with Crippen LogP contribution in [0.1, 0.15) is 53.4 Å². The third-order valence-electron chi connectivity index (χ3n) is 2.87. The highest BCUT2D eigenvalue weighted by Gasteiger charge is 2.25. The Morgan fingerprint density at radius 1 is 1.35 bits per heavy atom. The molecule has 0 saturated heterocycles. The molecule has 0 aromatic rings. The van der Waals surface area contributed by atoms with Gasteiger partial charge in [-0.25, -0.2) is 0 Å². The van der Waals surface area contributed by atoms with Gasteiger partial charge in [-0.2, -0.15) is 17.0 Å². The van der Waals surface area contributed by atoms with E-state index in [1.165, 1.54) is 11.5 Å². The highest BCUT2D eigenvalue weighted by Crippen LogP contribution is 2.19. The van der Waals surface area contributed by atoms with Gasteiger partial charge in [-0.3, -0.25) is 5.32 Å². The molecule has 0 radical (unpaired) electrons. The molecule has 3 heteroatoms. The SMILES string of the molecule is CCCNC(C#N)(CC)CCCSCC(C)C. The van der Waals surface area contributed by atoms with Gasteiger partial charge >= 0.3 is 0 Å². The molecular formula is C14H28N2S. The van der Waals surface area contributed by atoms with Crippen LogP contribution >= 0.6 is 11.8 Å². The second-order valence-corrected chi connectivity index (χ2v) is 6.20. The normalized spacial score (nSPS) is 14.6. The molecule has 0 spiro atoms. The smallest absolute Gasteiger partial charge is 0.106 e. The Morgan fingerprint density at radius 2 is 2.06 bits per heavy atom. The molecule has 0 aromatic carbocycles. The van der Waals surface area contributed by atoms with Gasteiger partial charge in [-0.1, -0.05) is 27.7 Å². The van der Waals surface area contributed by atoms with Gasteiger partial charge < -0.3 is 0 Å². The second kappa shape index (κ2) is 9.79. The molecule has 1 atom stereocenters. The first kappa shape index (κ1) is 16.8. The summed E-state index contributed by atoms with van der Waals surface area (Å²) in [7, 11) is 0. The Kier molecular flexibility index (Phi) is 9.68. The standard InChI is InChI=1S/C14H28N2S/c1-5-9-16-14(6-2,12-15)8-7-10-17-11-13(3)4/h13,16H,5-11H2,1-4H3. The third kappa shape index (κ3) is 7.68. The Hall–Kier alpha value is -0.200. The molecule has 0 saturated carbocycles. The first-order chi connectivity index (χ1) is 8.10. The van der Waals surface area contributed by atoms with Crippen LogP contribution in [0.3, 0.4) is 0 Å². The van der Waals surface area contributed by atoms with Crippen molar-refractivity contribution in [2.45, 2.75) is 58.9 Å². The predicted molar refractivity (Wildman–Crippen MR) is 78.3 cm³/mol. The van der Waals surface area contributed by atoms with Crippen LogP contribution < -0.4 is 5.32 Å². The van der Waals surface area contributed by atoms with Crippen LogP contribution in [0.2, 0.25) is 0 Å². The predicted octanol–water partition coefficient (Wildman–Crippen LogP) is 3.83. The van der Waals surface area contributed by atoms with Gasteiger partial charge in [0.05, 0.1) is 6.07 Å². The summed E-state index contributed by atoms with van der Waals surface area (Å²) in [6.07, 6.45) is 4.10. The lowest BCUT2D eigenvalue weighted by molar-refractivity contribution is 0.371. The zero-order chi connectivity index (χ0) is 13.1. The molecule has 0 rings (SSSR count). The average molecular weight is 256 g/mol. The Labute approximate surface area is 112 Å². The van der Waals surface area contributed by atoms with Crippen molar-refractivity contribution in [3.05, 3.63) is 0 Å². The van der Waals surface area contributed by atoms with Crippen molar-refractivity contribution in [3.63, 3.8) is 0 Å². The number of hydrogen-bond donors (Lipinski definition) is 1. The van der Waals surface area contributed by atoms with E-state index in [1.807, 2.05) is 11.8 Å². The lowest BCUT2D eigenvalue weighted by atomic mass is 9.92. The summed E-state index contributed by atoms with van der Waals surface area (Å²) in [6.45, 7) is 9.69. The second-order valence-electron chi connectivity index (χ2n) is 5.05. The van der Waals surface area contributed by atoms with Crippen LogP contribution in [0, 0.1) is 17.2 Å². The quantitative estimate of drug-likeness (QED) is 0.603. The summed E-state index contributed by atoms with van der Waals surface area (Å²) >= 11 is 2.01. The summed E-state index contributed by atoms with van der Waals surface area (Å²) in [5, 5.41) is 12.7. The van der Waals surface area contributed by atoms with Crippen LogP contribution in [-0.2, 0) is 0 Å². The number of nitrogens with one attached hydrogen (secondary N) is 1. The maximum Gasteiger partial charge on any atom is 0.106 e. The average Bonchev–Trinajstić information content (AvgIpc) is 2.33. The zero-order valence-electron chi connectivity index (χ0n) is 11.9. The van der Waals surface area contributed by atoms with Crippen molar-refractivity contribution in [1.82, 2.24) is 5.32 Å². The van der Waals surface area contributed by atoms with E-state index >= 15 is 0 Å². The van der Waals surface area contributed by atoms with Gasteiger partial charge in [0, 0.05) is 0 Å². The molecule has 1 unspecified atom stereocenters. The minimum atomic E-state index is -0.283. The summed E-state index contributed by atoms with van der Waals surface area (Å²) in [6, 6.07) is 2.48. The summed E-state index contributed by atoms with van der Waals surface area (Å²) in [4.78, 5) is 0. The molecule has 0 bridgehead atoms. The van der Waals surface area contributed by atoms with Crippen molar-refractivity contribution >= 4 is 11.8 Å². The van der Waals surface area contributed by atoms with Crippen molar-refractivity contribution in [3.8, 4) is 6.07 Å². The maximum absolute atomic E-state index is 9.33. The molecule has 0 aliphatic rings. The highest BCUT2D eigenvalue weighted by molar-refractivity contribution is 7.99. The largest absolute Gasteiger partial charge is 0.299 e. The van der Waals surface area contributed by atoms with E-state index in [4.69, 9.17) is 0 Å². The molecule has 17 heavy (non-hydrogen) atoms. The van der Waals surface area contributed by atoms with Crippen LogP contribution in [0.4, 0.5) is 0 Å². The molecule has 100 valence electrons. The Morgan fingerprint density at radius 3 is 2.53 bits per heavy atom. The highest BCUT2D eigenvalue weighted by atomic mass is 32.2. The molecule has 0 amide bonds. The van der Waals surface area contributed by atoms with E-state index < -0.39 is 0 Å². The molecule has 0 fully saturated rings. The molecule has 1 N–H and O–H groups in total. The van der Waals surface area contributed by atoms with E-state index in [9.17, 15) is 5.26 Å². The molecule has 2 nitrogen and oxygen atoms in total. The Bertz CT molecular complexity index is 223. The van der Waals surface area contributed by atoms with Crippen molar-refractivity contribution < 1.29 is 0 Å². The topological polar surface area (TPSA) is 35.8 Å². The minimum absolute atomic E-state index is 0.283. The van der Waals surface area contributed by atoms with Gasteiger partial charge in [0.25, 0.3) is 0 Å². The summed E-state index contributed by atoms with van der Waals surface area (Å²) in [5.74, 6) is 3.17. The van der Waals surface area contributed by atoms with Gasteiger partial charge in [-0.15, -0.1) is 0 Å². The minimum Gasteiger partial charge on any atom is -0.299 e. The molecule has 0 heterocycles. The van der Waals surface area contributed by atoms with Crippen molar-refractivity contribution in [2.24, 2.45) is 5.92 Å². The Balaban J connectivity index is 3.88. The van der Waals surface area contributed by atoms with Gasteiger partial charge in [0.15, 0.2) is 0 Å². The summed E-state index contributed by atoms with van der Waals surface area (Å²) < 4.78 is 0. The van der Waals surface area contributed by atoms with E-state index in [0.29, 0.717) is 0 Å². The first-order valence-electron chi connectivity index (χ1n) is 6.84. The fourth-order valence-electron chi connectivity index (χ4n) is 1.72. The van der Waals surface area contributed by atoms with Crippen LogP contribution in [0.25, 0.3) is 0 Å².